The van der Waals surface area contributed by atoms with Crippen LogP contribution in [0.4, 0.5) is 0 Å². The average molecular weight is 394 g/mol. The number of carbonyl (C=O) groups excluding carboxylic acids is 1. The van der Waals surface area contributed by atoms with Gasteiger partial charge in [0.25, 0.3) is 0 Å². The molecule has 1 aromatic carbocycles. The van der Waals surface area contributed by atoms with Crippen molar-refractivity contribution in [2.45, 2.75) is 50.5 Å². The fraction of sp³-hybridized carbons (Fsp3) is 0.650. The Morgan fingerprint density at radius 1 is 1.22 bits per heavy atom. The Kier molecular flexibility index (Phi) is 6.89. The summed E-state index contributed by atoms with van der Waals surface area (Å²) in [5.41, 5.74) is 0.913. The fourth-order valence-corrected chi connectivity index (χ4v) is 5.47. The van der Waals surface area contributed by atoms with Crippen LogP contribution in [-0.2, 0) is 21.4 Å². The Bertz CT molecular complexity index is 721. The van der Waals surface area contributed by atoms with Gasteiger partial charge in [0.1, 0.15) is 0 Å². The van der Waals surface area contributed by atoms with Gasteiger partial charge in [-0.15, -0.1) is 0 Å². The molecule has 0 bridgehead atoms. The maximum Gasteiger partial charge on any atom is 0.243 e. The second-order valence-corrected chi connectivity index (χ2v) is 9.76. The Hall–Kier alpha value is -1.44. The molecule has 2 saturated heterocycles. The second kappa shape index (κ2) is 9.17. The minimum absolute atomic E-state index is 0.0573. The lowest BCUT2D eigenvalue weighted by Crippen LogP contribution is -2.35. The third-order valence-corrected chi connectivity index (χ3v) is 7.68. The van der Waals surface area contributed by atoms with Gasteiger partial charge in [-0.3, -0.25) is 4.79 Å². The molecule has 2 unspecified atom stereocenters. The highest BCUT2D eigenvalue weighted by atomic mass is 32.2. The van der Waals surface area contributed by atoms with Crippen LogP contribution in [0, 0.1) is 11.8 Å². The number of sulfonamides is 1. The Morgan fingerprint density at radius 3 is 2.56 bits per heavy atom. The largest absolute Gasteiger partial charge is 0.352 e. The summed E-state index contributed by atoms with van der Waals surface area (Å²) in [6, 6.07) is 6.87. The average Bonchev–Trinajstić information content (AvgIpc) is 3.23. The van der Waals surface area contributed by atoms with Crippen LogP contribution in [0.25, 0.3) is 0 Å². The number of hydrogen-bond donors (Lipinski definition) is 2. The van der Waals surface area contributed by atoms with Crippen LogP contribution < -0.4 is 10.6 Å². The van der Waals surface area contributed by atoms with Gasteiger partial charge in [-0.05, 0) is 68.3 Å². The molecular formula is C20H31N3O3S. The zero-order valence-electron chi connectivity index (χ0n) is 16.1. The van der Waals surface area contributed by atoms with Gasteiger partial charge in [-0.2, -0.15) is 4.31 Å². The maximum absolute atomic E-state index is 12.5. The molecule has 0 spiro atoms. The van der Waals surface area contributed by atoms with E-state index >= 15 is 0 Å². The van der Waals surface area contributed by atoms with Crippen molar-refractivity contribution in [2.75, 3.05) is 26.2 Å². The van der Waals surface area contributed by atoms with E-state index in [1.54, 1.807) is 28.6 Å². The van der Waals surface area contributed by atoms with Gasteiger partial charge in [0, 0.05) is 26.1 Å². The number of nitrogens with one attached hydrogen (secondary N) is 2. The topological polar surface area (TPSA) is 78.5 Å². The summed E-state index contributed by atoms with van der Waals surface area (Å²) in [4.78, 5) is 12.6. The zero-order valence-corrected chi connectivity index (χ0v) is 16.9. The first-order chi connectivity index (χ1) is 13.0. The number of amides is 1. The molecule has 0 aromatic heterocycles. The van der Waals surface area contributed by atoms with E-state index in [4.69, 9.17) is 0 Å². The lowest BCUT2D eigenvalue weighted by molar-refractivity contribution is -0.122. The number of hydrogen-bond acceptors (Lipinski definition) is 4. The normalized spacial score (nSPS) is 22.5. The van der Waals surface area contributed by atoms with E-state index in [1.165, 1.54) is 12.8 Å². The fourth-order valence-electron chi connectivity index (χ4n) is 3.95. The number of rotatable bonds is 7. The van der Waals surface area contributed by atoms with Crippen LogP contribution in [0.1, 0.15) is 44.6 Å². The standard InChI is InChI=1S/C20H31N3O3S/c1-16(18-5-4-10-21-15-18)13-20(24)22-14-17-6-8-19(9-7-17)27(25,26)23-11-2-3-12-23/h6-9,16,18,21H,2-5,10-15H2,1H3,(H,22,24). The summed E-state index contributed by atoms with van der Waals surface area (Å²) in [6.07, 6.45) is 4.77. The highest BCUT2D eigenvalue weighted by molar-refractivity contribution is 7.89. The summed E-state index contributed by atoms with van der Waals surface area (Å²) in [6.45, 7) is 5.87. The van der Waals surface area contributed by atoms with Crippen LogP contribution in [0.3, 0.4) is 0 Å². The predicted molar refractivity (Wildman–Crippen MR) is 106 cm³/mol. The molecule has 2 N–H and O–H groups in total. The molecule has 3 rings (SSSR count). The van der Waals surface area contributed by atoms with E-state index in [9.17, 15) is 13.2 Å². The lowest BCUT2D eigenvalue weighted by Gasteiger charge is -2.28. The molecule has 150 valence electrons. The quantitative estimate of drug-likeness (QED) is 0.744. The number of piperidine rings is 1. The first-order valence-electron chi connectivity index (χ1n) is 10.0. The van der Waals surface area contributed by atoms with Crippen molar-refractivity contribution >= 4 is 15.9 Å². The molecule has 7 heteroatoms. The van der Waals surface area contributed by atoms with E-state index < -0.39 is 10.0 Å². The van der Waals surface area contributed by atoms with Crippen molar-refractivity contribution in [2.24, 2.45) is 11.8 Å². The molecule has 0 aliphatic carbocycles. The third-order valence-electron chi connectivity index (χ3n) is 5.76. The van der Waals surface area contributed by atoms with Gasteiger partial charge in [0.2, 0.25) is 15.9 Å². The molecule has 2 aliphatic heterocycles. The SMILES string of the molecule is CC(CC(=O)NCc1ccc(S(=O)(=O)N2CCCC2)cc1)C1CCCNC1. The van der Waals surface area contributed by atoms with Crippen LogP contribution in [0.15, 0.2) is 29.2 Å². The van der Waals surface area contributed by atoms with Gasteiger partial charge >= 0.3 is 0 Å². The van der Waals surface area contributed by atoms with Crippen LogP contribution in [0.2, 0.25) is 0 Å². The Balaban J connectivity index is 1.48. The van der Waals surface area contributed by atoms with Gasteiger partial charge in [-0.25, -0.2) is 8.42 Å². The monoisotopic (exact) mass is 393 g/mol. The van der Waals surface area contributed by atoms with E-state index in [1.807, 2.05) is 0 Å². The van der Waals surface area contributed by atoms with E-state index in [2.05, 4.69) is 17.6 Å². The predicted octanol–water partition coefficient (Wildman–Crippen LogP) is 2.11. The number of benzene rings is 1. The molecular weight excluding hydrogens is 362 g/mol. The maximum atomic E-state index is 12.5. The van der Waals surface area contributed by atoms with Gasteiger partial charge in [0.05, 0.1) is 4.90 Å². The van der Waals surface area contributed by atoms with Gasteiger partial charge in [-0.1, -0.05) is 19.1 Å². The van der Waals surface area contributed by atoms with Gasteiger partial charge in [0.15, 0.2) is 0 Å². The van der Waals surface area contributed by atoms with E-state index in [0.717, 1.165) is 31.5 Å². The molecule has 1 amide bonds. The van der Waals surface area contributed by atoms with E-state index in [-0.39, 0.29) is 5.91 Å². The lowest BCUT2D eigenvalue weighted by atomic mass is 9.85. The van der Waals surface area contributed by atoms with Crippen molar-refractivity contribution in [3.8, 4) is 0 Å². The second-order valence-electron chi connectivity index (χ2n) is 7.82. The zero-order chi connectivity index (χ0) is 19.3. The molecule has 2 fully saturated rings. The third kappa shape index (κ3) is 5.30. The van der Waals surface area contributed by atoms with Crippen molar-refractivity contribution < 1.29 is 13.2 Å². The number of carbonyl (C=O) groups is 1. The molecule has 2 atom stereocenters. The molecule has 2 heterocycles. The first-order valence-corrected chi connectivity index (χ1v) is 11.5. The van der Waals surface area contributed by atoms with Crippen LogP contribution >= 0.6 is 0 Å². The molecule has 27 heavy (non-hydrogen) atoms. The molecule has 6 nitrogen and oxygen atoms in total. The van der Waals surface area contributed by atoms with Crippen molar-refractivity contribution in [3.63, 3.8) is 0 Å². The highest BCUT2D eigenvalue weighted by Crippen LogP contribution is 2.23. The first kappa shape index (κ1) is 20.3. The minimum Gasteiger partial charge on any atom is -0.352 e. The highest BCUT2D eigenvalue weighted by Gasteiger charge is 2.27. The van der Waals surface area contributed by atoms with E-state index in [0.29, 0.717) is 42.8 Å². The Morgan fingerprint density at radius 2 is 1.93 bits per heavy atom. The molecule has 1 aromatic rings. The smallest absolute Gasteiger partial charge is 0.243 e. The van der Waals surface area contributed by atoms with Crippen molar-refractivity contribution in [3.05, 3.63) is 29.8 Å². The summed E-state index contributed by atoms with van der Waals surface area (Å²) in [7, 11) is -3.38. The summed E-state index contributed by atoms with van der Waals surface area (Å²) in [5, 5.41) is 6.36. The summed E-state index contributed by atoms with van der Waals surface area (Å²) >= 11 is 0. The van der Waals surface area contributed by atoms with Crippen molar-refractivity contribution in [1.82, 2.24) is 14.9 Å². The summed E-state index contributed by atoms with van der Waals surface area (Å²) in [5.74, 6) is 0.993. The van der Waals surface area contributed by atoms with Crippen molar-refractivity contribution in [1.29, 1.82) is 0 Å². The van der Waals surface area contributed by atoms with Crippen LogP contribution in [0.5, 0.6) is 0 Å². The number of nitrogens with zero attached hydrogens (tertiary/aromatic N) is 1. The van der Waals surface area contributed by atoms with Gasteiger partial charge < -0.3 is 10.6 Å². The minimum atomic E-state index is -3.38. The van der Waals surface area contributed by atoms with Crippen LogP contribution in [-0.4, -0.2) is 44.8 Å². The molecule has 0 radical (unpaired) electrons. The molecule has 0 saturated carbocycles. The molecule has 2 aliphatic rings. The Labute approximate surface area is 162 Å². The summed E-state index contributed by atoms with van der Waals surface area (Å²) < 4.78 is 26.6.